The van der Waals surface area contributed by atoms with Gasteiger partial charge in [-0.2, -0.15) is 0 Å². The average Bonchev–Trinajstić information content (AvgIpc) is 3.45. The van der Waals surface area contributed by atoms with Crippen molar-refractivity contribution in [2.45, 2.75) is 12.8 Å². The molecule has 0 atom stereocenters. The molecule has 9 heteroatoms. The van der Waals surface area contributed by atoms with E-state index in [4.69, 9.17) is 9.47 Å². The Morgan fingerprint density at radius 1 is 1.09 bits per heavy atom. The number of nitrogens with zero attached hydrogens (tertiary/aromatic N) is 1. The first kappa shape index (κ1) is 22.3. The second kappa shape index (κ2) is 10.2. The quantitative estimate of drug-likeness (QED) is 0.349. The van der Waals surface area contributed by atoms with Crippen molar-refractivity contribution in [3.63, 3.8) is 0 Å². The molecule has 0 aliphatic heterocycles. The number of carbonyl (C=O) groups excluding carboxylic acids is 2. The fraction of sp³-hybridized carbons (Fsp3) is 0.208. The lowest BCUT2D eigenvalue weighted by Gasteiger charge is -2.09. The second-order valence-electron chi connectivity index (χ2n) is 7.30. The summed E-state index contributed by atoms with van der Waals surface area (Å²) in [6, 6.07) is 13.0. The van der Waals surface area contributed by atoms with Gasteiger partial charge in [-0.15, -0.1) is 11.3 Å². The third-order valence-electron chi connectivity index (χ3n) is 5.15. The van der Waals surface area contributed by atoms with Gasteiger partial charge in [-0.3, -0.25) is 14.9 Å². The highest BCUT2D eigenvalue weighted by Crippen LogP contribution is 2.28. The van der Waals surface area contributed by atoms with Gasteiger partial charge in [0.25, 0.3) is 5.91 Å². The van der Waals surface area contributed by atoms with E-state index in [0.717, 1.165) is 11.9 Å². The molecule has 2 aromatic carbocycles. The van der Waals surface area contributed by atoms with Crippen molar-refractivity contribution in [3.05, 3.63) is 70.9 Å². The number of aromatic nitrogens is 2. The Kier molecular flexibility index (Phi) is 6.89. The Morgan fingerprint density at radius 2 is 1.91 bits per heavy atom. The molecular weight excluding hydrogens is 440 g/mol. The molecule has 0 bridgehead atoms. The second-order valence-corrected chi connectivity index (χ2v) is 8.16. The zero-order chi connectivity index (χ0) is 23.2. The Labute approximate surface area is 195 Å². The monoisotopic (exact) mass is 464 g/mol. The van der Waals surface area contributed by atoms with Crippen molar-refractivity contribution in [2.75, 3.05) is 26.1 Å². The van der Waals surface area contributed by atoms with Gasteiger partial charge in [0.2, 0.25) is 5.91 Å². The zero-order valence-corrected chi connectivity index (χ0v) is 19.1. The molecule has 0 spiro atoms. The average molecular weight is 465 g/mol. The van der Waals surface area contributed by atoms with Crippen LogP contribution in [0.3, 0.4) is 0 Å². The summed E-state index contributed by atoms with van der Waals surface area (Å²) in [5, 5.41) is 9.05. The minimum Gasteiger partial charge on any atom is -0.493 e. The van der Waals surface area contributed by atoms with E-state index in [1.165, 1.54) is 36.5 Å². The minimum absolute atomic E-state index is 0.113. The lowest BCUT2D eigenvalue weighted by Crippen LogP contribution is -2.27. The van der Waals surface area contributed by atoms with Gasteiger partial charge < -0.3 is 19.8 Å². The van der Waals surface area contributed by atoms with Gasteiger partial charge in [-0.1, -0.05) is 18.2 Å². The number of H-pyrrole nitrogens is 1. The first-order valence-electron chi connectivity index (χ1n) is 10.4. The molecule has 0 saturated carbocycles. The normalized spacial score (nSPS) is 10.7. The van der Waals surface area contributed by atoms with Crippen molar-refractivity contribution in [1.82, 2.24) is 15.3 Å². The molecular formula is C24H24N4O4S. The summed E-state index contributed by atoms with van der Waals surface area (Å²) in [5.41, 5.74) is 3.27. The molecule has 0 aliphatic rings. The molecule has 0 fully saturated rings. The fourth-order valence-electron chi connectivity index (χ4n) is 3.49. The van der Waals surface area contributed by atoms with Crippen LogP contribution in [0.15, 0.2) is 54.0 Å². The predicted octanol–water partition coefficient (Wildman–Crippen LogP) is 3.80. The van der Waals surface area contributed by atoms with E-state index >= 15 is 0 Å². The third kappa shape index (κ3) is 5.32. The lowest BCUT2D eigenvalue weighted by atomic mass is 10.1. The van der Waals surface area contributed by atoms with Gasteiger partial charge in [0.15, 0.2) is 16.6 Å². The Balaban J connectivity index is 1.28. The summed E-state index contributed by atoms with van der Waals surface area (Å²) < 4.78 is 10.4. The van der Waals surface area contributed by atoms with Gasteiger partial charge in [0, 0.05) is 34.6 Å². The topological polar surface area (TPSA) is 105 Å². The van der Waals surface area contributed by atoms with Crippen molar-refractivity contribution in [3.8, 4) is 11.5 Å². The number of amides is 2. The maximum atomic E-state index is 12.5. The third-order valence-corrected chi connectivity index (χ3v) is 5.96. The van der Waals surface area contributed by atoms with E-state index < -0.39 is 0 Å². The standard InChI is InChI=1S/C24H24N4O4S/c1-31-20-8-7-15(11-21(20)32-2)23(30)28-24-27-17(14-33-24)12-22(29)25-10-9-16-13-26-19-6-4-3-5-18(16)19/h3-8,11,13-14,26H,9-10,12H2,1-2H3,(H,25,29)(H,27,28,30). The first-order chi connectivity index (χ1) is 16.1. The van der Waals surface area contributed by atoms with Crippen LogP contribution in [-0.4, -0.2) is 42.5 Å². The van der Waals surface area contributed by atoms with Crippen LogP contribution >= 0.6 is 11.3 Å². The first-order valence-corrected chi connectivity index (χ1v) is 11.2. The molecule has 2 heterocycles. The molecule has 33 heavy (non-hydrogen) atoms. The summed E-state index contributed by atoms with van der Waals surface area (Å²) in [6.07, 6.45) is 2.86. The number of para-hydroxylation sites is 1. The lowest BCUT2D eigenvalue weighted by molar-refractivity contribution is -0.120. The van der Waals surface area contributed by atoms with Gasteiger partial charge in [0.1, 0.15) is 0 Å². The molecule has 3 N–H and O–H groups in total. The van der Waals surface area contributed by atoms with E-state index in [9.17, 15) is 9.59 Å². The van der Waals surface area contributed by atoms with Crippen LogP contribution in [-0.2, 0) is 17.6 Å². The smallest absolute Gasteiger partial charge is 0.257 e. The molecule has 8 nitrogen and oxygen atoms in total. The van der Waals surface area contributed by atoms with Crippen LogP contribution < -0.4 is 20.1 Å². The Hall–Kier alpha value is -3.85. The Morgan fingerprint density at radius 3 is 2.73 bits per heavy atom. The summed E-state index contributed by atoms with van der Waals surface area (Å²) in [7, 11) is 3.05. The number of anilines is 1. The number of carbonyl (C=O) groups is 2. The summed E-state index contributed by atoms with van der Waals surface area (Å²) in [6.45, 7) is 0.535. The minimum atomic E-state index is -0.319. The van der Waals surface area contributed by atoms with Crippen LogP contribution in [0.25, 0.3) is 10.9 Å². The molecule has 2 aromatic heterocycles. The highest BCUT2D eigenvalue weighted by Gasteiger charge is 2.14. The molecule has 0 unspecified atom stereocenters. The van der Waals surface area contributed by atoms with Crippen LogP contribution in [0.5, 0.6) is 11.5 Å². The van der Waals surface area contributed by atoms with Gasteiger partial charge >= 0.3 is 0 Å². The maximum absolute atomic E-state index is 12.5. The number of aromatic amines is 1. The highest BCUT2D eigenvalue weighted by atomic mass is 32.1. The van der Waals surface area contributed by atoms with Gasteiger partial charge in [0.05, 0.1) is 26.3 Å². The van der Waals surface area contributed by atoms with E-state index in [0.29, 0.717) is 34.4 Å². The van der Waals surface area contributed by atoms with Crippen molar-refractivity contribution in [2.24, 2.45) is 0 Å². The summed E-state index contributed by atoms with van der Waals surface area (Å²) in [4.78, 5) is 32.5. The SMILES string of the molecule is COc1ccc(C(=O)Nc2nc(CC(=O)NCCc3c[nH]c4ccccc34)cs2)cc1OC. The summed E-state index contributed by atoms with van der Waals surface area (Å²) in [5.74, 6) is 0.577. The molecule has 4 rings (SSSR count). The maximum Gasteiger partial charge on any atom is 0.257 e. The van der Waals surface area contributed by atoms with Crippen LogP contribution in [0, 0.1) is 0 Å². The van der Waals surface area contributed by atoms with Gasteiger partial charge in [-0.05, 0) is 36.2 Å². The van der Waals surface area contributed by atoms with Crippen LogP contribution in [0.2, 0.25) is 0 Å². The molecule has 4 aromatic rings. The number of nitrogens with one attached hydrogen (secondary N) is 3. The number of benzene rings is 2. The van der Waals surface area contributed by atoms with Gasteiger partial charge in [-0.25, -0.2) is 4.98 Å². The van der Waals surface area contributed by atoms with E-state index in [-0.39, 0.29) is 18.2 Å². The molecule has 2 amide bonds. The number of hydrogen-bond acceptors (Lipinski definition) is 6. The highest BCUT2D eigenvalue weighted by molar-refractivity contribution is 7.14. The number of methoxy groups -OCH3 is 2. The molecule has 0 radical (unpaired) electrons. The summed E-state index contributed by atoms with van der Waals surface area (Å²) >= 11 is 1.27. The number of ether oxygens (including phenoxy) is 2. The fourth-order valence-corrected chi connectivity index (χ4v) is 4.20. The number of thiazole rings is 1. The Bertz CT molecular complexity index is 1280. The zero-order valence-electron chi connectivity index (χ0n) is 18.3. The predicted molar refractivity (Wildman–Crippen MR) is 128 cm³/mol. The number of hydrogen-bond donors (Lipinski definition) is 3. The number of rotatable bonds is 9. The van der Waals surface area contributed by atoms with Crippen molar-refractivity contribution in [1.29, 1.82) is 0 Å². The van der Waals surface area contributed by atoms with Crippen LogP contribution in [0.1, 0.15) is 21.6 Å². The van der Waals surface area contributed by atoms with E-state index in [2.05, 4.69) is 26.7 Å². The van der Waals surface area contributed by atoms with Crippen molar-refractivity contribution < 1.29 is 19.1 Å². The van der Waals surface area contributed by atoms with E-state index in [1.807, 2.05) is 24.4 Å². The van der Waals surface area contributed by atoms with Crippen molar-refractivity contribution >= 4 is 39.2 Å². The van der Waals surface area contributed by atoms with Crippen LogP contribution in [0.4, 0.5) is 5.13 Å². The molecule has 0 saturated heterocycles. The van der Waals surface area contributed by atoms with E-state index in [1.54, 1.807) is 23.6 Å². The number of fused-ring (bicyclic) bond motifs is 1. The molecule has 170 valence electrons. The molecule has 0 aliphatic carbocycles. The largest absolute Gasteiger partial charge is 0.493 e.